The zero-order valence-corrected chi connectivity index (χ0v) is 19.2. The van der Waals surface area contributed by atoms with Crippen molar-refractivity contribution < 1.29 is 9.59 Å². The van der Waals surface area contributed by atoms with Gasteiger partial charge in [0, 0.05) is 36.7 Å². The molecule has 2 unspecified atom stereocenters. The molecule has 0 aliphatic carbocycles. The number of nitrogens with one attached hydrogen (secondary N) is 4. The van der Waals surface area contributed by atoms with Gasteiger partial charge in [-0.15, -0.1) is 24.8 Å². The number of carbonyl (C=O) groups is 2. The van der Waals surface area contributed by atoms with Crippen molar-refractivity contribution in [2.45, 2.75) is 32.7 Å². The molecular formula is C22H31Cl2N5O2. The Morgan fingerprint density at radius 1 is 1.13 bits per heavy atom. The van der Waals surface area contributed by atoms with Gasteiger partial charge in [0.1, 0.15) is 0 Å². The standard InChI is InChI=1S/C22H29N5O2.2ClH/c1-16(18-4-3-9-24-15-18)12-21(28)26-19-5-2-6-20(13-19)27-22(29)25-14-17-7-10-23-11-8-17;;/h2,5-8,10-11,13,16,18,24H,3-4,9,12,14-15H2,1H3,(H,26,28)(H2,25,27,29);2*1H. The van der Waals surface area contributed by atoms with E-state index in [0.717, 1.165) is 18.7 Å². The normalized spacial score (nSPS) is 16.1. The van der Waals surface area contributed by atoms with Crippen LogP contribution in [0.4, 0.5) is 16.2 Å². The molecule has 1 saturated heterocycles. The minimum Gasteiger partial charge on any atom is -0.334 e. The van der Waals surface area contributed by atoms with Crippen LogP contribution in [0.2, 0.25) is 0 Å². The fourth-order valence-corrected chi connectivity index (χ4v) is 3.57. The van der Waals surface area contributed by atoms with E-state index in [0.29, 0.717) is 36.2 Å². The van der Waals surface area contributed by atoms with Crippen LogP contribution in [-0.2, 0) is 11.3 Å². The first-order valence-corrected chi connectivity index (χ1v) is 10.1. The van der Waals surface area contributed by atoms with E-state index >= 15 is 0 Å². The van der Waals surface area contributed by atoms with Crippen LogP contribution in [0.1, 0.15) is 31.7 Å². The molecule has 7 nitrogen and oxygen atoms in total. The number of carbonyl (C=O) groups excluding carboxylic acids is 2. The lowest BCUT2D eigenvalue weighted by Gasteiger charge is -2.28. The second-order valence-electron chi connectivity index (χ2n) is 7.58. The van der Waals surface area contributed by atoms with E-state index < -0.39 is 0 Å². The van der Waals surface area contributed by atoms with Gasteiger partial charge in [0.25, 0.3) is 0 Å². The number of anilines is 2. The molecule has 0 saturated carbocycles. The summed E-state index contributed by atoms with van der Waals surface area (Å²) in [5.41, 5.74) is 2.27. The topological polar surface area (TPSA) is 95.2 Å². The van der Waals surface area contributed by atoms with Gasteiger partial charge in [0.2, 0.25) is 5.91 Å². The molecular weight excluding hydrogens is 437 g/mol. The van der Waals surface area contributed by atoms with Gasteiger partial charge in [-0.2, -0.15) is 0 Å². The minimum absolute atomic E-state index is 0. The predicted molar refractivity (Wildman–Crippen MR) is 129 cm³/mol. The van der Waals surface area contributed by atoms with Crippen LogP contribution in [0.15, 0.2) is 48.8 Å². The maximum absolute atomic E-state index is 12.4. The third-order valence-electron chi connectivity index (χ3n) is 5.25. The zero-order chi connectivity index (χ0) is 20.5. The molecule has 1 aromatic heterocycles. The predicted octanol–water partition coefficient (Wildman–Crippen LogP) is 4.21. The van der Waals surface area contributed by atoms with Crippen molar-refractivity contribution >= 4 is 48.1 Å². The van der Waals surface area contributed by atoms with Crippen molar-refractivity contribution in [3.8, 4) is 0 Å². The molecule has 2 heterocycles. The van der Waals surface area contributed by atoms with Crippen molar-refractivity contribution in [3.63, 3.8) is 0 Å². The molecule has 0 radical (unpaired) electrons. The third-order valence-corrected chi connectivity index (χ3v) is 5.25. The molecule has 4 N–H and O–H groups in total. The summed E-state index contributed by atoms with van der Waals surface area (Å²) in [6, 6.07) is 10.6. The van der Waals surface area contributed by atoms with Crippen LogP contribution in [-0.4, -0.2) is 30.0 Å². The molecule has 2 aromatic rings. The first-order valence-electron chi connectivity index (χ1n) is 10.1. The highest BCUT2D eigenvalue weighted by molar-refractivity contribution is 5.93. The van der Waals surface area contributed by atoms with Crippen LogP contribution >= 0.6 is 24.8 Å². The molecule has 31 heavy (non-hydrogen) atoms. The highest BCUT2D eigenvalue weighted by Gasteiger charge is 2.22. The molecule has 170 valence electrons. The molecule has 1 aliphatic rings. The lowest BCUT2D eigenvalue weighted by molar-refractivity contribution is -0.117. The molecule has 9 heteroatoms. The summed E-state index contributed by atoms with van der Waals surface area (Å²) in [5.74, 6) is 0.886. The molecule has 3 amide bonds. The van der Waals surface area contributed by atoms with E-state index in [4.69, 9.17) is 0 Å². The number of amides is 3. The number of hydrogen-bond donors (Lipinski definition) is 4. The van der Waals surface area contributed by atoms with Crippen molar-refractivity contribution in [2.24, 2.45) is 11.8 Å². The second kappa shape index (κ2) is 13.9. The fourth-order valence-electron chi connectivity index (χ4n) is 3.57. The SMILES string of the molecule is CC(CC(=O)Nc1cccc(NC(=O)NCc2ccncc2)c1)C1CCCNC1.Cl.Cl. The van der Waals surface area contributed by atoms with Gasteiger partial charge in [-0.05, 0) is 73.7 Å². The average Bonchev–Trinajstić information content (AvgIpc) is 2.74. The monoisotopic (exact) mass is 467 g/mol. The molecule has 1 aromatic carbocycles. The first-order chi connectivity index (χ1) is 14.1. The number of urea groups is 1. The molecule has 0 bridgehead atoms. The Bertz CT molecular complexity index is 817. The third kappa shape index (κ3) is 9.12. The van der Waals surface area contributed by atoms with Crippen molar-refractivity contribution in [1.29, 1.82) is 0 Å². The summed E-state index contributed by atoms with van der Waals surface area (Å²) < 4.78 is 0. The molecule has 0 spiro atoms. The van der Waals surface area contributed by atoms with Gasteiger partial charge in [-0.1, -0.05) is 13.0 Å². The highest BCUT2D eigenvalue weighted by atomic mass is 35.5. The second-order valence-corrected chi connectivity index (χ2v) is 7.58. The quantitative estimate of drug-likeness (QED) is 0.490. The Kier molecular flexibility index (Phi) is 11.9. The van der Waals surface area contributed by atoms with E-state index in [1.807, 2.05) is 24.3 Å². The van der Waals surface area contributed by atoms with E-state index in [-0.39, 0.29) is 36.8 Å². The van der Waals surface area contributed by atoms with Crippen molar-refractivity contribution in [2.75, 3.05) is 23.7 Å². The van der Waals surface area contributed by atoms with Crippen LogP contribution in [0.3, 0.4) is 0 Å². The van der Waals surface area contributed by atoms with Crippen LogP contribution < -0.4 is 21.3 Å². The zero-order valence-electron chi connectivity index (χ0n) is 17.6. The maximum Gasteiger partial charge on any atom is 0.319 e. The Labute approximate surface area is 196 Å². The number of pyridine rings is 1. The summed E-state index contributed by atoms with van der Waals surface area (Å²) in [4.78, 5) is 28.5. The largest absolute Gasteiger partial charge is 0.334 e. The first kappa shape index (κ1) is 26.7. The number of halogens is 2. The highest BCUT2D eigenvalue weighted by Crippen LogP contribution is 2.23. The maximum atomic E-state index is 12.4. The summed E-state index contributed by atoms with van der Waals surface area (Å²) in [6.45, 7) is 4.62. The number of rotatable bonds is 7. The summed E-state index contributed by atoms with van der Waals surface area (Å²) in [7, 11) is 0. The Hall–Kier alpha value is -2.35. The Balaban J connectivity index is 0.00000240. The van der Waals surface area contributed by atoms with Gasteiger partial charge in [0.15, 0.2) is 0 Å². The Morgan fingerprint density at radius 3 is 2.52 bits per heavy atom. The summed E-state index contributed by atoms with van der Waals surface area (Å²) in [6.07, 6.45) is 6.22. The van der Waals surface area contributed by atoms with E-state index in [9.17, 15) is 9.59 Å². The van der Waals surface area contributed by atoms with Gasteiger partial charge in [-0.25, -0.2) is 4.79 Å². The molecule has 1 fully saturated rings. The van der Waals surface area contributed by atoms with E-state index in [2.05, 4.69) is 33.2 Å². The smallest absolute Gasteiger partial charge is 0.319 e. The van der Waals surface area contributed by atoms with Gasteiger partial charge in [0.05, 0.1) is 0 Å². The number of benzene rings is 1. The number of nitrogens with zero attached hydrogens (tertiary/aromatic N) is 1. The van der Waals surface area contributed by atoms with Gasteiger partial charge in [-0.3, -0.25) is 9.78 Å². The van der Waals surface area contributed by atoms with Crippen LogP contribution in [0.5, 0.6) is 0 Å². The van der Waals surface area contributed by atoms with Gasteiger partial charge >= 0.3 is 6.03 Å². The summed E-state index contributed by atoms with van der Waals surface area (Å²) in [5, 5.41) is 11.9. The molecule has 3 rings (SSSR count). The lowest BCUT2D eigenvalue weighted by Crippen LogP contribution is -2.34. The van der Waals surface area contributed by atoms with Crippen molar-refractivity contribution in [3.05, 3.63) is 54.4 Å². The van der Waals surface area contributed by atoms with Gasteiger partial charge < -0.3 is 21.3 Å². The minimum atomic E-state index is -0.302. The van der Waals surface area contributed by atoms with E-state index in [1.165, 1.54) is 12.8 Å². The summed E-state index contributed by atoms with van der Waals surface area (Å²) >= 11 is 0. The van der Waals surface area contributed by atoms with Crippen molar-refractivity contribution in [1.82, 2.24) is 15.6 Å². The number of aromatic nitrogens is 1. The lowest BCUT2D eigenvalue weighted by atomic mass is 9.85. The Morgan fingerprint density at radius 2 is 1.84 bits per heavy atom. The molecule has 2 atom stereocenters. The fraction of sp³-hybridized carbons (Fsp3) is 0.409. The van der Waals surface area contributed by atoms with E-state index in [1.54, 1.807) is 24.5 Å². The van der Waals surface area contributed by atoms with Crippen LogP contribution in [0, 0.1) is 11.8 Å². The van der Waals surface area contributed by atoms with Crippen LogP contribution in [0.25, 0.3) is 0 Å². The average molecular weight is 468 g/mol. The molecule has 1 aliphatic heterocycles. The number of piperidine rings is 1. The number of hydrogen-bond acceptors (Lipinski definition) is 4.